The zero-order chi connectivity index (χ0) is 30.9. The fourth-order valence-electron chi connectivity index (χ4n) is 4.13. The van der Waals surface area contributed by atoms with Crippen LogP contribution in [0.25, 0.3) is 0 Å². The molecule has 7 nitrogen and oxygen atoms in total. The van der Waals surface area contributed by atoms with E-state index in [4.69, 9.17) is 23.2 Å². The van der Waals surface area contributed by atoms with E-state index in [1.54, 1.807) is 18.2 Å². The molecule has 12 heteroatoms. The van der Waals surface area contributed by atoms with E-state index in [-0.39, 0.29) is 21.8 Å². The van der Waals surface area contributed by atoms with Crippen LogP contribution in [-0.4, -0.2) is 61.1 Å². The van der Waals surface area contributed by atoms with Crippen LogP contribution in [0.1, 0.15) is 51.3 Å². The van der Waals surface area contributed by atoms with Crippen molar-refractivity contribution in [2.45, 2.75) is 26.6 Å². The van der Waals surface area contributed by atoms with E-state index >= 15 is 0 Å². The van der Waals surface area contributed by atoms with Gasteiger partial charge in [0.2, 0.25) is 0 Å². The fourth-order valence-corrected chi connectivity index (χ4v) is 4.52. The van der Waals surface area contributed by atoms with Gasteiger partial charge >= 0.3 is 6.18 Å². The quantitative estimate of drug-likeness (QED) is 0.172. The van der Waals surface area contributed by atoms with Crippen LogP contribution in [0.2, 0.25) is 10.0 Å². The number of halogens is 5. The van der Waals surface area contributed by atoms with E-state index in [1.165, 1.54) is 24.3 Å². The first kappa shape index (κ1) is 33.1. The van der Waals surface area contributed by atoms with Gasteiger partial charge in [0, 0.05) is 30.2 Å². The van der Waals surface area contributed by atoms with Crippen molar-refractivity contribution in [1.29, 1.82) is 0 Å². The summed E-state index contributed by atoms with van der Waals surface area (Å²) in [5.41, 5.74) is 2.89. The number of alkyl halides is 3. The molecule has 0 spiro atoms. The maximum Gasteiger partial charge on any atom is 0.417 e. The first-order valence-electron chi connectivity index (χ1n) is 13.2. The molecule has 0 heterocycles. The second-order valence-corrected chi connectivity index (χ2v) is 10.4. The largest absolute Gasteiger partial charge is 0.417 e. The number of hydrazone groups is 1. The molecule has 0 aromatic heterocycles. The molecule has 0 aliphatic carbocycles. The van der Waals surface area contributed by atoms with Gasteiger partial charge in [0.15, 0.2) is 0 Å². The van der Waals surface area contributed by atoms with E-state index in [0.717, 1.165) is 50.1 Å². The summed E-state index contributed by atoms with van der Waals surface area (Å²) in [5, 5.41) is 6.29. The minimum Gasteiger partial charge on any atom is -0.321 e. The smallest absolute Gasteiger partial charge is 0.321 e. The highest BCUT2D eigenvalue weighted by Gasteiger charge is 2.33. The number of hydrogen-bond donors (Lipinski definition) is 2. The maximum absolute atomic E-state index is 13.1. The summed E-state index contributed by atoms with van der Waals surface area (Å²) in [7, 11) is 2.03. The normalized spacial score (nSPS) is 11.9. The third kappa shape index (κ3) is 9.55. The van der Waals surface area contributed by atoms with Crippen molar-refractivity contribution in [2.24, 2.45) is 5.10 Å². The molecular weight excluding hydrogens is 590 g/mol. The molecule has 0 radical (unpaired) electrons. The minimum absolute atomic E-state index is 0.0207. The van der Waals surface area contributed by atoms with E-state index in [1.807, 2.05) is 13.1 Å². The lowest BCUT2D eigenvalue weighted by Crippen LogP contribution is -2.32. The zero-order valence-electron chi connectivity index (χ0n) is 23.4. The van der Waals surface area contributed by atoms with Crippen molar-refractivity contribution in [1.82, 2.24) is 15.2 Å². The Morgan fingerprint density at radius 1 is 0.952 bits per heavy atom. The van der Waals surface area contributed by atoms with Gasteiger partial charge in [0.05, 0.1) is 28.1 Å². The molecule has 2 N–H and O–H groups in total. The van der Waals surface area contributed by atoms with Gasteiger partial charge in [-0.05, 0) is 73.7 Å². The molecule has 0 aliphatic rings. The average Bonchev–Trinajstić information content (AvgIpc) is 2.94. The predicted octanol–water partition coefficient (Wildman–Crippen LogP) is 6.80. The van der Waals surface area contributed by atoms with Gasteiger partial charge in [-0.1, -0.05) is 55.2 Å². The highest BCUT2D eigenvalue weighted by molar-refractivity contribution is 6.31. The number of likely N-dealkylation sites (N-methyl/N-ethyl adjacent to an activating group) is 2. The molecule has 0 aliphatic heterocycles. The molecule has 0 saturated heterocycles. The van der Waals surface area contributed by atoms with Crippen LogP contribution in [0, 0.1) is 0 Å². The van der Waals surface area contributed by atoms with E-state index < -0.39 is 28.6 Å². The number of rotatable bonds is 12. The van der Waals surface area contributed by atoms with Crippen LogP contribution in [0.15, 0.2) is 65.8 Å². The summed E-state index contributed by atoms with van der Waals surface area (Å²) in [6.45, 7) is 8.73. The number of amides is 2. The molecule has 0 unspecified atom stereocenters. The maximum atomic E-state index is 13.1. The fraction of sp³-hybridized carbons (Fsp3) is 0.300. The average molecular weight is 623 g/mol. The Kier molecular flexibility index (Phi) is 11.9. The zero-order valence-corrected chi connectivity index (χ0v) is 24.9. The Labute approximate surface area is 253 Å². The van der Waals surface area contributed by atoms with Gasteiger partial charge in [-0.15, -0.1) is 0 Å². The van der Waals surface area contributed by atoms with E-state index in [9.17, 15) is 22.8 Å². The number of nitrogens with zero attached hydrogens (tertiary/aromatic N) is 3. The Balaban J connectivity index is 1.69. The van der Waals surface area contributed by atoms with Crippen molar-refractivity contribution < 1.29 is 22.8 Å². The monoisotopic (exact) mass is 621 g/mol. The number of nitrogens with one attached hydrogen (secondary N) is 2. The Bertz CT molecular complexity index is 1430. The van der Waals surface area contributed by atoms with Crippen LogP contribution in [0.5, 0.6) is 0 Å². The standard InChI is InChI=1S/C30H32Cl2F3N5O2/c1-4-40(5-2)14-13-39(3)19-21-7-6-8-22(15-21)28(41)37-27-12-10-23(31)17-24(27)29(42)38-36-18-20-9-11-26(32)25(16-20)30(33,34)35/h6-12,15-18H,4-5,13-14,19H2,1-3H3,(H,37,41)(H,38,42)/b36-18-. The lowest BCUT2D eigenvalue weighted by molar-refractivity contribution is -0.137. The minimum atomic E-state index is -4.64. The van der Waals surface area contributed by atoms with Crippen molar-refractivity contribution in [3.05, 3.63) is 98.5 Å². The van der Waals surface area contributed by atoms with Crippen LogP contribution in [-0.2, 0) is 12.7 Å². The third-order valence-corrected chi connectivity index (χ3v) is 7.05. The second kappa shape index (κ2) is 15.2. The summed E-state index contributed by atoms with van der Waals surface area (Å²) in [5.74, 6) is -1.15. The highest BCUT2D eigenvalue weighted by atomic mass is 35.5. The molecule has 3 aromatic carbocycles. The van der Waals surface area contributed by atoms with E-state index in [0.29, 0.717) is 12.1 Å². The Morgan fingerprint density at radius 3 is 2.38 bits per heavy atom. The molecule has 2 amide bonds. The molecule has 42 heavy (non-hydrogen) atoms. The summed E-state index contributed by atoms with van der Waals surface area (Å²) < 4.78 is 39.4. The van der Waals surface area contributed by atoms with Crippen LogP contribution in [0.3, 0.4) is 0 Å². The second-order valence-electron chi connectivity index (χ2n) is 9.55. The van der Waals surface area contributed by atoms with Gasteiger partial charge < -0.3 is 15.1 Å². The molecule has 3 aromatic rings. The Hall–Kier alpha value is -3.44. The third-order valence-electron chi connectivity index (χ3n) is 6.48. The number of hydrogen-bond acceptors (Lipinski definition) is 5. The molecule has 0 bridgehead atoms. The summed E-state index contributed by atoms with van der Waals surface area (Å²) >= 11 is 11.7. The summed E-state index contributed by atoms with van der Waals surface area (Å²) in [6, 6.07) is 14.8. The van der Waals surface area contributed by atoms with Gasteiger partial charge in [0.1, 0.15) is 0 Å². The lowest BCUT2D eigenvalue weighted by atomic mass is 10.1. The van der Waals surface area contributed by atoms with E-state index in [2.05, 4.69) is 39.5 Å². The van der Waals surface area contributed by atoms with Crippen LogP contribution in [0.4, 0.5) is 18.9 Å². The Morgan fingerprint density at radius 2 is 1.69 bits per heavy atom. The van der Waals surface area contributed by atoms with Gasteiger partial charge in [0.25, 0.3) is 11.8 Å². The van der Waals surface area contributed by atoms with Crippen molar-refractivity contribution >= 4 is 46.9 Å². The van der Waals surface area contributed by atoms with Crippen molar-refractivity contribution in [3.63, 3.8) is 0 Å². The van der Waals surface area contributed by atoms with Crippen LogP contribution < -0.4 is 10.7 Å². The highest BCUT2D eigenvalue weighted by Crippen LogP contribution is 2.34. The summed E-state index contributed by atoms with van der Waals surface area (Å²) in [6.07, 6.45) is -3.59. The predicted molar refractivity (Wildman–Crippen MR) is 161 cm³/mol. The first-order valence-corrected chi connectivity index (χ1v) is 14.0. The van der Waals surface area contributed by atoms with Gasteiger partial charge in [-0.2, -0.15) is 18.3 Å². The topological polar surface area (TPSA) is 77.0 Å². The molecule has 0 fully saturated rings. The van der Waals surface area contributed by atoms with Crippen molar-refractivity contribution in [3.8, 4) is 0 Å². The SMILES string of the molecule is CCN(CC)CCN(C)Cc1cccc(C(=O)Nc2ccc(Cl)cc2C(=O)N/N=C\c2ccc(Cl)c(C(F)(F)F)c2)c1. The molecule has 0 atom stereocenters. The van der Waals surface area contributed by atoms with Crippen LogP contribution >= 0.6 is 23.2 Å². The summed E-state index contributed by atoms with van der Waals surface area (Å²) in [4.78, 5) is 30.5. The number of benzene rings is 3. The molecule has 0 saturated carbocycles. The number of carbonyl (C=O) groups excluding carboxylic acids is 2. The molecule has 3 rings (SSSR count). The lowest BCUT2D eigenvalue weighted by Gasteiger charge is -2.23. The number of anilines is 1. The first-order chi connectivity index (χ1) is 19.9. The molecular formula is C30H32Cl2F3N5O2. The van der Waals surface area contributed by atoms with Crippen molar-refractivity contribution in [2.75, 3.05) is 38.5 Å². The molecule has 224 valence electrons. The van der Waals surface area contributed by atoms with Gasteiger partial charge in [-0.25, -0.2) is 5.43 Å². The number of carbonyl (C=O) groups is 2. The van der Waals surface area contributed by atoms with Gasteiger partial charge in [-0.3, -0.25) is 9.59 Å².